The van der Waals surface area contributed by atoms with E-state index in [9.17, 15) is 13.2 Å². The molecular formula is C26H26BrClN2O6S. The van der Waals surface area contributed by atoms with Gasteiger partial charge in [-0.25, -0.2) is 13.2 Å². The van der Waals surface area contributed by atoms with Crippen molar-refractivity contribution in [1.29, 1.82) is 0 Å². The first-order chi connectivity index (χ1) is 17.6. The number of sulfonamides is 1. The number of ether oxygens (including phenoxy) is 1. The lowest BCUT2D eigenvalue weighted by molar-refractivity contribution is 0.0491. The van der Waals surface area contributed by atoms with Crippen LogP contribution in [0.25, 0.3) is 11.0 Å². The maximum Gasteiger partial charge on any atom is 0.374 e. The van der Waals surface area contributed by atoms with Gasteiger partial charge in [0.25, 0.3) is 10.0 Å². The average molecular weight is 610 g/mol. The molecule has 4 aromatic rings. The summed E-state index contributed by atoms with van der Waals surface area (Å²) in [6.07, 6.45) is 0. The number of carbonyl (C=O) groups excluding carboxylic acids is 1. The number of aryl methyl sites for hydroxylation is 1. The zero-order valence-electron chi connectivity index (χ0n) is 20.5. The molecule has 8 nitrogen and oxygen atoms in total. The third-order valence-electron chi connectivity index (χ3n) is 5.80. The molecule has 11 heteroatoms. The number of esters is 1. The molecule has 0 bridgehead atoms. The third kappa shape index (κ3) is 5.72. The first kappa shape index (κ1) is 27.3. The predicted molar refractivity (Wildman–Crippen MR) is 146 cm³/mol. The Bertz CT molecular complexity index is 1550. The molecule has 0 aliphatic carbocycles. The van der Waals surface area contributed by atoms with Crippen LogP contribution >= 0.6 is 27.5 Å². The van der Waals surface area contributed by atoms with Gasteiger partial charge in [0.05, 0.1) is 23.7 Å². The molecule has 4 rings (SSSR count). The van der Waals surface area contributed by atoms with Gasteiger partial charge in [-0.2, -0.15) is 0 Å². The van der Waals surface area contributed by atoms with E-state index in [2.05, 4.69) is 21.2 Å². The zero-order valence-corrected chi connectivity index (χ0v) is 23.7. The van der Waals surface area contributed by atoms with Crippen molar-refractivity contribution in [2.75, 3.05) is 17.5 Å². The summed E-state index contributed by atoms with van der Waals surface area (Å²) in [4.78, 5) is 12.3. The van der Waals surface area contributed by atoms with E-state index in [1.807, 2.05) is 12.1 Å². The Kier molecular flexibility index (Phi) is 8.33. The summed E-state index contributed by atoms with van der Waals surface area (Å²) < 4.78 is 45.8. The van der Waals surface area contributed by atoms with Gasteiger partial charge in [-0.3, -0.25) is 4.31 Å². The largest absolute Gasteiger partial charge is 0.460 e. The highest BCUT2D eigenvalue weighted by atomic mass is 79.9. The Morgan fingerprint density at radius 3 is 2.54 bits per heavy atom. The summed E-state index contributed by atoms with van der Waals surface area (Å²) >= 11 is 9.54. The van der Waals surface area contributed by atoms with Crippen molar-refractivity contribution >= 4 is 60.2 Å². The SMILES string of the molecule is CCOC(=O)c1oc2ccc(S(=O)(=O)N(CC)c3ccc(Cl)cc3CNCc3ccc(Br)o3)cc2c1C. The molecule has 0 radical (unpaired) electrons. The first-order valence-electron chi connectivity index (χ1n) is 11.6. The second-order valence-corrected chi connectivity index (χ2v) is 11.3. The number of nitrogens with zero attached hydrogens (tertiary/aromatic N) is 1. The van der Waals surface area contributed by atoms with Gasteiger partial charge in [-0.1, -0.05) is 11.6 Å². The highest BCUT2D eigenvalue weighted by Gasteiger charge is 2.27. The molecule has 0 aliphatic heterocycles. The molecule has 0 spiro atoms. The second kappa shape index (κ2) is 11.3. The molecular weight excluding hydrogens is 584 g/mol. The van der Waals surface area contributed by atoms with Crippen LogP contribution in [0.15, 0.2) is 66.9 Å². The van der Waals surface area contributed by atoms with Crippen LogP contribution in [-0.4, -0.2) is 27.5 Å². The van der Waals surface area contributed by atoms with Gasteiger partial charge in [0.2, 0.25) is 5.76 Å². The quantitative estimate of drug-likeness (QED) is 0.207. The van der Waals surface area contributed by atoms with E-state index in [1.165, 1.54) is 16.4 Å². The van der Waals surface area contributed by atoms with Crippen molar-refractivity contribution < 1.29 is 26.8 Å². The summed E-state index contributed by atoms with van der Waals surface area (Å²) in [5, 5.41) is 4.30. The molecule has 196 valence electrons. The van der Waals surface area contributed by atoms with Gasteiger partial charge >= 0.3 is 5.97 Å². The Morgan fingerprint density at radius 1 is 1.08 bits per heavy atom. The van der Waals surface area contributed by atoms with E-state index >= 15 is 0 Å². The number of rotatable bonds is 10. The highest BCUT2D eigenvalue weighted by Crippen LogP contribution is 2.33. The van der Waals surface area contributed by atoms with E-state index in [1.54, 1.807) is 45.0 Å². The Balaban J connectivity index is 1.66. The second-order valence-electron chi connectivity index (χ2n) is 8.19. The molecule has 1 N–H and O–H groups in total. The van der Waals surface area contributed by atoms with Gasteiger partial charge in [-0.05, 0) is 90.8 Å². The fourth-order valence-electron chi connectivity index (χ4n) is 4.05. The van der Waals surface area contributed by atoms with Crippen molar-refractivity contribution in [2.45, 2.75) is 38.8 Å². The van der Waals surface area contributed by atoms with Crippen LogP contribution in [0.3, 0.4) is 0 Å². The summed E-state index contributed by atoms with van der Waals surface area (Å²) in [6, 6.07) is 13.3. The van der Waals surface area contributed by atoms with Crippen molar-refractivity contribution in [3.63, 3.8) is 0 Å². The fourth-order valence-corrected chi connectivity index (χ4v) is 6.13. The molecule has 0 fully saturated rings. The smallest absolute Gasteiger partial charge is 0.374 e. The summed E-state index contributed by atoms with van der Waals surface area (Å²) in [7, 11) is -3.96. The number of furan rings is 2. The Morgan fingerprint density at radius 2 is 1.86 bits per heavy atom. The van der Waals surface area contributed by atoms with Crippen molar-refractivity contribution in [3.8, 4) is 0 Å². The number of fused-ring (bicyclic) bond motifs is 1. The lowest BCUT2D eigenvalue weighted by atomic mass is 10.1. The summed E-state index contributed by atoms with van der Waals surface area (Å²) in [5.41, 5.74) is 2.16. The molecule has 0 atom stereocenters. The standard InChI is InChI=1S/C26H26BrClN2O6S/c1-4-30(22-9-6-18(28)12-17(22)14-29-15-19-7-11-24(27)35-19)37(32,33)20-8-10-23-21(13-20)16(3)25(36-23)26(31)34-5-2/h6-13,29H,4-5,14-15H2,1-3H3. The number of benzene rings is 2. The van der Waals surface area contributed by atoms with Gasteiger partial charge in [-0.15, -0.1) is 0 Å². The molecule has 0 amide bonds. The number of halogens is 2. The molecule has 2 aromatic carbocycles. The van der Waals surface area contributed by atoms with Gasteiger partial charge < -0.3 is 18.9 Å². The Hall–Kier alpha value is -2.79. The van der Waals surface area contributed by atoms with Gasteiger partial charge in [0.1, 0.15) is 11.3 Å². The van der Waals surface area contributed by atoms with Crippen molar-refractivity contribution in [3.05, 3.63) is 80.9 Å². The van der Waals surface area contributed by atoms with E-state index in [-0.39, 0.29) is 23.8 Å². The molecule has 2 aromatic heterocycles. The predicted octanol–water partition coefficient (Wildman–Crippen LogP) is 6.43. The highest BCUT2D eigenvalue weighted by molar-refractivity contribution is 9.10. The number of carbonyl (C=O) groups is 1. The van der Waals surface area contributed by atoms with Crippen LogP contribution < -0.4 is 9.62 Å². The average Bonchev–Trinajstić information content (AvgIpc) is 3.43. The molecule has 37 heavy (non-hydrogen) atoms. The van der Waals surface area contributed by atoms with E-state index in [0.29, 0.717) is 50.6 Å². The first-order valence-corrected chi connectivity index (χ1v) is 14.2. The van der Waals surface area contributed by atoms with Crippen LogP contribution in [0.1, 0.15) is 41.3 Å². The van der Waals surface area contributed by atoms with Crippen LogP contribution in [0.2, 0.25) is 5.02 Å². The van der Waals surface area contributed by atoms with Gasteiger partial charge in [0, 0.05) is 29.1 Å². The van der Waals surface area contributed by atoms with Crippen LogP contribution in [0, 0.1) is 6.92 Å². The van der Waals surface area contributed by atoms with E-state index in [0.717, 1.165) is 5.76 Å². The maximum absolute atomic E-state index is 13.8. The zero-order chi connectivity index (χ0) is 26.7. The van der Waals surface area contributed by atoms with E-state index in [4.69, 9.17) is 25.2 Å². The molecule has 2 heterocycles. The summed E-state index contributed by atoms with van der Waals surface area (Å²) in [6.45, 7) is 6.39. The minimum Gasteiger partial charge on any atom is -0.460 e. The number of anilines is 1. The number of hydrogen-bond donors (Lipinski definition) is 1. The molecule has 0 aliphatic rings. The number of nitrogens with one attached hydrogen (secondary N) is 1. The van der Waals surface area contributed by atoms with Crippen LogP contribution in [0.4, 0.5) is 5.69 Å². The number of hydrogen-bond acceptors (Lipinski definition) is 7. The van der Waals surface area contributed by atoms with Crippen molar-refractivity contribution in [1.82, 2.24) is 5.32 Å². The van der Waals surface area contributed by atoms with Crippen molar-refractivity contribution in [2.24, 2.45) is 0 Å². The molecule has 0 unspecified atom stereocenters. The van der Waals surface area contributed by atoms with Crippen LogP contribution in [0.5, 0.6) is 0 Å². The molecule has 0 saturated heterocycles. The normalized spacial score (nSPS) is 11.7. The van der Waals surface area contributed by atoms with Gasteiger partial charge in [0.15, 0.2) is 4.67 Å². The van der Waals surface area contributed by atoms with E-state index < -0.39 is 16.0 Å². The fraction of sp³-hybridized carbons (Fsp3) is 0.269. The topological polar surface area (TPSA) is 102 Å². The third-order valence-corrected chi connectivity index (χ3v) is 8.34. The Labute approximate surface area is 228 Å². The minimum absolute atomic E-state index is 0.0633. The molecule has 0 saturated carbocycles. The lowest BCUT2D eigenvalue weighted by Gasteiger charge is -2.26. The lowest BCUT2D eigenvalue weighted by Crippen LogP contribution is -2.32. The monoisotopic (exact) mass is 608 g/mol. The minimum atomic E-state index is -3.96. The summed E-state index contributed by atoms with van der Waals surface area (Å²) in [5.74, 6) is 0.214. The van der Waals surface area contributed by atoms with Crippen LogP contribution in [-0.2, 0) is 27.8 Å². The maximum atomic E-state index is 13.8.